The number of amides is 1. The monoisotopic (exact) mass is 375 g/mol. The number of ether oxygens (including phenoxy) is 1. The van der Waals surface area contributed by atoms with E-state index in [4.69, 9.17) is 16.3 Å². The molecule has 0 aromatic carbocycles. The molecule has 8 heteroatoms. The van der Waals surface area contributed by atoms with Crippen molar-refractivity contribution in [1.29, 1.82) is 0 Å². The van der Waals surface area contributed by atoms with E-state index in [-0.39, 0.29) is 11.8 Å². The van der Waals surface area contributed by atoms with E-state index in [1.807, 2.05) is 23.0 Å². The number of nitrogens with zero attached hydrogens (tertiary/aromatic N) is 4. The number of carbonyl (C=O) groups excluding carboxylic acids is 1. The van der Waals surface area contributed by atoms with Crippen molar-refractivity contribution in [3.8, 4) is 0 Å². The van der Waals surface area contributed by atoms with Crippen LogP contribution < -0.4 is 5.32 Å². The molecule has 2 saturated heterocycles. The lowest BCUT2D eigenvalue weighted by molar-refractivity contribution is -0.131. The lowest BCUT2D eigenvalue weighted by atomic mass is 9.80. The molecule has 0 aliphatic carbocycles. The van der Waals surface area contributed by atoms with E-state index >= 15 is 0 Å². The lowest BCUT2D eigenvalue weighted by Crippen LogP contribution is -2.47. The minimum Gasteiger partial charge on any atom is -0.380 e. The summed E-state index contributed by atoms with van der Waals surface area (Å²) in [7, 11) is 0. The summed E-state index contributed by atoms with van der Waals surface area (Å²) in [6.45, 7) is 4.58. The molecule has 0 radical (unpaired) electrons. The molecule has 0 saturated carbocycles. The number of pyridine rings is 1. The van der Waals surface area contributed by atoms with Crippen molar-refractivity contribution in [2.75, 3.05) is 32.8 Å². The first kappa shape index (κ1) is 17.5. The summed E-state index contributed by atoms with van der Waals surface area (Å²) in [4.78, 5) is 19.3. The molecule has 4 heterocycles. The van der Waals surface area contributed by atoms with Crippen molar-refractivity contribution >= 4 is 17.5 Å². The minimum absolute atomic E-state index is 0.0791. The van der Waals surface area contributed by atoms with Gasteiger partial charge in [-0.1, -0.05) is 11.6 Å². The topological polar surface area (TPSA) is 72.3 Å². The van der Waals surface area contributed by atoms with Crippen LogP contribution in [0.5, 0.6) is 0 Å². The summed E-state index contributed by atoms with van der Waals surface area (Å²) in [6, 6.07) is 3.81. The molecule has 26 heavy (non-hydrogen) atoms. The Hall–Kier alpha value is -1.96. The van der Waals surface area contributed by atoms with Gasteiger partial charge in [-0.15, -0.1) is 0 Å². The number of hydrogen-bond acceptors (Lipinski definition) is 5. The fourth-order valence-corrected chi connectivity index (χ4v) is 4.13. The quantitative estimate of drug-likeness (QED) is 0.821. The van der Waals surface area contributed by atoms with Gasteiger partial charge in [0.15, 0.2) is 0 Å². The average molecular weight is 376 g/mol. The Morgan fingerprint density at radius 1 is 1.46 bits per heavy atom. The van der Waals surface area contributed by atoms with Crippen LogP contribution in [0.15, 0.2) is 36.9 Å². The van der Waals surface area contributed by atoms with Crippen molar-refractivity contribution < 1.29 is 9.53 Å². The van der Waals surface area contributed by atoms with Crippen LogP contribution in [-0.4, -0.2) is 58.4 Å². The molecular weight excluding hydrogens is 354 g/mol. The SMILES string of the molecule is O=C(NCCn1cccn1)[C@]12COCC1CN(Cc1ccncc1Cl)C2. The van der Waals surface area contributed by atoms with Crippen molar-refractivity contribution in [1.82, 2.24) is 25.0 Å². The Kier molecular flexibility index (Phi) is 4.93. The maximum absolute atomic E-state index is 13.0. The first-order valence-electron chi connectivity index (χ1n) is 8.81. The molecule has 138 valence electrons. The van der Waals surface area contributed by atoms with Crippen LogP contribution in [0.2, 0.25) is 5.02 Å². The zero-order chi connectivity index (χ0) is 18.0. The summed E-state index contributed by atoms with van der Waals surface area (Å²) in [5, 5.41) is 7.90. The Labute approximate surface area is 157 Å². The van der Waals surface area contributed by atoms with Gasteiger partial charge in [0.1, 0.15) is 0 Å². The summed E-state index contributed by atoms with van der Waals surface area (Å²) in [6.07, 6.45) is 7.04. The Balaban J connectivity index is 1.39. The second-order valence-corrected chi connectivity index (χ2v) is 7.44. The lowest BCUT2D eigenvalue weighted by Gasteiger charge is -2.26. The molecular formula is C18H22ClN5O2. The summed E-state index contributed by atoms with van der Waals surface area (Å²) >= 11 is 6.24. The van der Waals surface area contributed by atoms with Crippen molar-refractivity contribution in [3.63, 3.8) is 0 Å². The molecule has 7 nitrogen and oxygen atoms in total. The predicted molar refractivity (Wildman–Crippen MR) is 96.5 cm³/mol. The van der Waals surface area contributed by atoms with Crippen LogP contribution in [0.4, 0.5) is 0 Å². The Morgan fingerprint density at radius 2 is 2.38 bits per heavy atom. The molecule has 2 aliphatic heterocycles. The highest BCUT2D eigenvalue weighted by molar-refractivity contribution is 6.31. The molecule has 4 rings (SSSR count). The van der Waals surface area contributed by atoms with E-state index in [0.717, 1.165) is 18.7 Å². The molecule has 2 aliphatic rings. The number of fused-ring (bicyclic) bond motifs is 1. The van der Waals surface area contributed by atoms with E-state index in [1.54, 1.807) is 18.6 Å². The number of nitrogens with one attached hydrogen (secondary N) is 1. The van der Waals surface area contributed by atoms with Crippen LogP contribution >= 0.6 is 11.6 Å². The smallest absolute Gasteiger partial charge is 0.230 e. The second kappa shape index (κ2) is 7.34. The number of aromatic nitrogens is 3. The Bertz CT molecular complexity index is 769. The first-order valence-corrected chi connectivity index (χ1v) is 9.19. The highest BCUT2D eigenvalue weighted by Gasteiger charge is 2.55. The highest BCUT2D eigenvalue weighted by atomic mass is 35.5. The number of hydrogen-bond donors (Lipinski definition) is 1. The van der Waals surface area contributed by atoms with Crippen molar-refractivity contribution in [2.45, 2.75) is 13.1 Å². The van der Waals surface area contributed by atoms with Crippen molar-refractivity contribution in [2.24, 2.45) is 11.3 Å². The third kappa shape index (κ3) is 3.34. The van der Waals surface area contributed by atoms with Gasteiger partial charge in [0.25, 0.3) is 0 Å². The van der Waals surface area contributed by atoms with Crippen molar-refractivity contribution in [3.05, 3.63) is 47.5 Å². The molecule has 1 N–H and O–H groups in total. The molecule has 0 spiro atoms. The van der Waals surface area contributed by atoms with E-state index in [2.05, 4.69) is 20.3 Å². The zero-order valence-corrected chi connectivity index (χ0v) is 15.2. The standard InChI is InChI=1S/C18H22ClN5O2/c19-16-8-20-4-2-14(16)9-23-10-15-11-26-13-18(15,12-23)17(25)21-5-7-24-6-1-3-22-24/h1-4,6,8,15H,5,7,9-13H2,(H,21,25)/t15?,18-/m1/s1. The zero-order valence-electron chi connectivity index (χ0n) is 14.5. The molecule has 2 aromatic heterocycles. The summed E-state index contributed by atoms with van der Waals surface area (Å²) < 4.78 is 7.48. The molecule has 1 amide bonds. The van der Waals surface area contributed by atoms with Gasteiger partial charge in [-0.25, -0.2) is 0 Å². The number of rotatable bonds is 6. The number of carbonyl (C=O) groups is 1. The fourth-order valence-electron chi connectivity index (χ4n) is 3.95. The maximum atomic E-state index is 13.0. The second-order valence-electron chi connectivity index (χ2n) is 7.03. The van der Waals surface area contributed by atoms with Gasteiger partial charge in [-0.05, 0) is 17.7 Å². The number of halogens is 1. The van der Waals surface area contributed by atoms with Gasteiger partial charge in [0.05, 0.1) is 30.2 Å². The summed E-state index contributed by atoms with van der Waals surface area (Å²) in [5.74, 6) is 0.295. The van der Waals surface area contributed by atoms with Gasteiger partial charge in [-0.3, -0.25) is 19.4 Å². The van der Waals surface area contributed by atoms with E-state index in [0.29, 0.717) is 37.9 Å². The molecule has 2 aromatic rings. The van der Waals surface area contributed by atoms with E-state index in [1.165, 1.54) is 0 Å². The summed E-state index contributed by atoms with van der Waals surface area (Å²) in [5.41, 5.74) is 0.570. The highest BCUT2D eigenvalue weighted by Crippen LogP contribution is 2.42. The molecule has 0 bridgehead atoms. The van der Waals surface area contributed by atoms with Gasteiger partial charge in [-0.2, -0.15) is 5.10 Å². The van der Waals surface area contributed by atoms with Gasteiger partial charge in [0.2, 0.25) is 5.91 Å². The van der Waals surface area contributed by atoms with Crippen LogP contribution in [0.1, 0.15) is 5.56 Å². The molecule has 2 atom stereocenters. The fraction of sp³-hybridized carbons (Fsp3) is 0.500. The molecule has 1 unspecified atom stereocenters. The van der Waals surface area contributed by atoms with Crippen LogP contribution in [0.25, 0.3) is 0 Å². The van der Waals surface area contributed by atoms with E-state index in [9.17, 15) is 4.79 Å². The minimum atomic E-state index is -0.469. The molecule has 2 fully saturated rings. The third-order valence-electron chi connectivity index (χ3n) is 5.33. The number of likely N-dealkylation sites (tertiary alicyclic amines) is 1. The average Bonchev–Trinajstić information content (AvgIpc) is 3.33. The maximum Gasteiger partial charge on any atom is 0.230 e. The largest absolute Gasteiger partial charge is 0.380 e. The van der Waals surface area contributed by atoms with E-state index < -0.39 is 5.41 Å². The van der Waals surface area contributed by atoms with Gasteiger partial charge < -0.3 is 10.1 Å². The van der Waals surface area contributed by atoms with Crippen LogP contribution in [0, 0.1) is 11.3 Å². The Morgan fingerprint density at radius 3 is 3.19 bits per heavy atom. The third-order valence-corrected chi connectivity index (χ3v) is 5.67. The normalized spacial score (nSPS) is 25.3. The van der Waals surface area contributed by atoms with Gasteiger partial charge >= 0.3 is 0 Å². The van der Waals surface area contributed by atoms with Crippen LogP contribution in [0.3, 0.4) is 0 Å². The van der Waals surface area contributed by atoms with Gasteiger partial charge in [0, 0.05) is 56.9 Å². The predicted octanol–water partition coefficient (Wildman–Crippen LogP) is 1.20. The first-order chi connectivity index (χ1) is 12.7. The van der Waals surface area contributed by atoms with Crippen LogP contribution in [-0.2, 0) is 22.6 Å².